The van der Waals surface area contributed by atoms with Crippen molar-refractivity contribution in [1.82, 2.24) is 4.98 Å². The summed E-state index contributed by atoms with van der Waals surface area (Å²) < 4.78 is 25.8. The Balaban J connectivity index is 1.23. The Morgan fingerprint density at radius 1 is 1.00 bits per heavy atom. The minimum Gasteiger partial charge on any atom is -0.486 e. The third-order valence-corrected chi connectivity index (χ3v) is 7.47. The summed E-state index contributed by atoms with van der Waals surface area (Å²) in [6.45, 7) is 2.85. The Morgan fingerprint density at radius 2 is 1.79 bits per heavy atom. The van der Waals surface area contributed by atoms with Crippen molar-refractivity contribution in [2.24, 2.45) is 17.8 Å². The molecule has 0 bridgehead atoms. The maximum Gasteiger partial charge on any atom is 0.258 e. The van der Waals surface area contributed by atoms with Crippen LogP contribution >= 0.6 is 0 Å². The lowest BCUT2D eigenvalue weighted by atomic mass is 9.71. The van der Waals surface area contributed by atoms with Crippen LogP contribution in [0.1, 0.15) is 84.0 Å². The number of ether oxygens (including phenoxy) is 2. The summed E-state index contributed by atoms with van der Waals surface area (Å²) >= 11 is 0. The first-order valence-corrected chi connectivity index (χ1v) is 11.8. The third kappa shape index (κ3) is 5.52. The normalized spacial score (nSPS) is 28.2. The maximum absolute atomic E-state index is 14.2. The summed E-state index contributed by atoms with van der Waals surface area (Å²) in [4.78, 5) is 3.96. The molecule has 2 saturated carbocycles. The van der Waals surface area contributed by atoms with Crippen molar-refractivity contribution in [3.05, 3.63) is 29.7 Å². The van der Waals surface area contributed by atoms with E-state index in [1.54, 1.807) is 12.1 Å². The molecule has 1 aromatic rings. The van der Waals surface area contributed by atoms with Gasteiger partial charge in [-0.3, -0.25) is 0 Å². The van der Waals surface area contributed by atoms with E-state index in [0.29, 0.717) is 12.5 Å². The smallest absolute Gasteiger partial charge is 0.258 e. The standard InChI is InChI=1S/C25H36FNO2/c1-2-18-7-11-20(12-8-18)21-13-9-19(10-14-21)17-28-24-16-15-23(25(26)27-24)29-22-5-3-4-6-22/h9,15-16,18,20-22H,2-8,10-14,17H2,1H3. The number of pyridine rings is 1. The Morgan fingerprint density at radius 3 is 2.45 bits per heavy atom. The van der Waals surface area contributed by atoms with E-state index in [4.69, 9.17) is 9.47 Å². The van der Waals surface area contributed by atoms with Gasteiger partial charge in [-0.25, -0.2) is 0 Å². The van der Waals surface area contributed by atoms with E-state index in [1.165, 1.54) is 50.5 Å². The molecule has 1 aromatic heterocycles. The van der Waals surface area contributed by atoms with Crippen LogP contribution in [0, 0.1) is 23.7 Å². The highest BCUT2D eigenvalue weighted by atomic mass is 19.1. The molecule has 1 unspecified atom stereocenters. The molecule has 3 nitrogen and oxygen atoms in total. The van der Waals surface area contributed by atoms with Gasteiger partial charge in [0, 0.05) is 6.07 Å². The number of halogens is 1. The van der Waals surface area contributed by atoms with Gasteiger partial charge in [0.25, 0.3) is 5.95 Å². The third-order valence-electron chi connectivity index (χ3n) is 7.47. The highest BCUT2D eigenvalue weighted by Crippen LogP contribution is 2.40. The molecule has 0 aromatic carbocycles. The lowest BCUT2D eigenvalue weighted by Crippen LogP contribution is -2.23. The van der Waals surface area contributed by atoms with E-state index >= 15 is 0 Å². The van der Waals surface area contributed by atoms with Crippen molar-refractivity contribution in [1.29, 1.82) is 0 Å². The van der Waals surface area contributed by atoms with Crippen LogP contribution in [0.5, 0.6) is 11.6 Å². The fourth-order valence-corrected chi connectivity index (χ4v) is 5.46. The molecule has 2 fully saturated rings. The molecule has 0 radical (unpaired) electrons. The van der Waals surface area contributed by atoms with Crippen LogP contribution in [0.2, 0.25) is 0 Å². The van der Waals surface area contributed by atoms with Crippen molar-refractivity contribution >= 4 is 0 Å². The second kappa shape index (κ2) is 9.95. The van der Waals surface area contributed by atoms with Crippen LogP contribution in [0.15, 0.2) is 23.8 Å². The highest BCUT2D eigenvalue weighted by molar-refractivity contribution is 5.25. The second-order valence-electron chi connectivity index (χ2n) is 9.34. The number of allylic oxidation sites excluding steroid dienone is 1. The van der Waals surface area contributed by atoms with E-state index in [9.17, 15) is 4.39 Å². The molecular weight excluding hydrogens is 365 g/mol. The summed E-state index contributed by atoms with van der Waals surface area (Å²) in [5.74, 6) is 2.77. The number of aromatic nitrogens is 1. The number of hydrogen-bond acceptors (Lipinski definition) is 3. The molecule has 4 heteroatoms. The zero-order valence-electron chi connectivity index (χ0n) is 17.9. The summed E-state index contributed by atoms with van der Waals surface area (Å²) in [5.41, 5.74) is 1.33. The Labute approximate surface area is 175 Å². The topological polar surface area (TPSA) is 31.4 Å². The second-order valence-corrected chi connectivity index (χ2v) is 9.34. The molecular formula is C25H36FNO2. The van der Waals surface area contributed by atoms with Gasteiger partial charge >= 0.3 is 0 Å². The van der Waals surface area contributed by atoms with Crippen LogP contribution in [0.25, 0.3) is 0 Å². The van der Waals surface area contributed by atoms with Gasteiger partial charge in [-0.05, 0) is 87.2 Å². The van der Waals surface area contributed by atoms with E-state index in [1.807, 2.05) is 0 Å². The van der Waals surface area contributed by atoms with E-state index in [-0.39, 0.29) is 11.9 Å². The number of nitrogens with zero attached hydrogens (tertiary/aromatic N) is 1. The largest absolute Gasteiger partial charge is 0.486 e. The molecule has 0 N–H and O–H groups in total. The van der Waals surface area contributed by atoms with Crippen LogP contribution in [0.4, 0.5) is 4.39 Å². The first-order valence-electron chi connectivity index (χ1n) is 11.8. The molecule has 0 saturated heterocycles. The molecule has 4 rings (SSSR count). The SMILES string of the molecule is CCC1CCC(C2CC=C(COc3ccc(OC4CCCC4)c(F)n3)CC2)CC1. The molecule has 1 atom stereocenters. The van der Waals surface area contributed by atoms with Crippen molar-refractivity contribution in [2.75, 3.05) is 6.61 Å². The summed E-state index contributed by atoms with van der Waals surface area (Å²) in [5, 5.41) is 0. The molecule has 1 heterocycles. The van der Waals surface area contributed by atoms with Crippen molar-refractivity contribution in [3.63, 3.8) is 0 Å². The summed E-state index contributed by atoms with van der Waals surface area (Å²) in [7, 11) is 0. The lowest BCUT2D eigenvalue weighted by molar-refractivity contribution is 0.187. The molecule has 160 valence electrons. The first-order chi connectivity index (χ1) is 14.2. The van der Waals surface area contributed by atoms with Crippen LogP contribution in [-0.4, -0.2) is 17.7 Å². The van der Waals surface area contributed by atoms with Crippen molar-refractivity contribution in [3.8, 4) is 11.6 Å². The Hall–Kier alpha value is -1.58. The molecule has 0 amide bonds. The van der Waals surface area contributed by atoms with Gasteiger partial charge in [-0.1, -0.05) is 32.3 Å². The van der Waals surface area contributed by atoms with Gasteiger partial charge in [0.2, 0.25) is 5.88 Å². The van der Waals surface area contributed by atoms with Gasteiger partial charge in [-0.2, -0.15) is 9.37 Å². The van der Waals surface area contributed by atoms with Gasteiger partial charge in [0.05, 0.1) is 6.10 Å². The Bertz CT molecular complexity index is 690. The highest BCUT2D eigenvalue weighted by Gasteiger charge is 2.28. The number of rotatable bonds is 7. The van der Waals surface area contributed by atoms with E-state index < -0.39 is 5.95 Å². The van der Waals surface area contributed by atoms with Crippen LogP contribution in [0.3, 0.4) is 0 Å². The van der Waals surface area contributed by atoms with Gasteiger partial charge in [0.15, 0.2) is 5.75 Å². The molecule has 0 spiro atoms. The van der Waals surface area contributed by atoms with Gasteiger partial charge in [0.1, 0.15) is 6.61 Å². The lowest BCUT2D eigenvalue weighted by Gasteiger charge is -2.35. The molecule has 3 aliphatic carbocycles. The fourth-order valence-electron chi connectivity index (χ4n) is 5.46. The average Bonchev–Trinajstić information content (AvgIpc) is 3.28. The summed E-state index contributed by atoms with van der Waals surface area (Å²) in [6, 6.07) is 3.39. The number of hydrogen-bond donors (Lipinski definition) is 0. The minimum absolute atomic E-state index is 0.135. The fraction of sp³-hybridized carbons (Fsp3) is 0.720. The van der Waals surface area contributed by atoms with E-state index in [0.717, 1.165) is 49.9 Å². The Kier molecular flexibility index (Phi) is 7.10. The summed E-state index contributed by atoms with van der Waals surface area (Å²) in [6.07, 6.45) is 17.4. The average molecular weight is 402 g/mol. The van der Waals surface area contributed by atoms with Crippen molar-refractivity contribution < 1.29 is 13.9 Å². The zero-order valence-corrected chi connectivity index (χ0v) is 17.9. The van der Waals surface area contributed by atoms with Gasteiger partial charge in [-0.15, -0.1) is 0 Å². The quantitative estimate of drug-likeness (QED) is 0.369. The molecule has 29 heavy (non-hydrogen) atoms. The monoisotopic (exact) mass is 401 g/mol. The molecule has 3 aliphatic rings. The predicted octanol–water partition coefficient (Wildman–Crippen LogP) is 6.86. The van der Waals surface area contributed by atoms with Crippen LogP contribution < -0.4 is 9.47 Å². The minimum atomic E-state index is -0.560. The molecule has 0 aliphatic heterocycles. The zero-order chi connectivity index (χ0) is 20.1. The van der Waals surface area contributed by atoms with Crippen molar-refractivity contribution in [2.45, 2.75) is 90.1 Å². The predicted molar refractivity (Wildman–Crippen MR) is 114 cm³/mol. The van der Waals surface area contributed by atoms with Crippen LogP contribution in [-0.2, 0) is 0 Å². The van der Waals surface area contributed by atoms with Gasteiger partial charge < -0.3 is 9.47 Å². The first kappa shape index (κ1) is 20.7. The maximum atomic E-state index is 14.2. The van der Waals surface area contributed by atoms with E-state index in [2.05, 4.69) is 18.0 Å².